The largest absolute Gasteiger partial charge is 0.493 e. The zero-order chi connectivity index (χ0) is 22.5. The van der Waals surface area contributed by atoms with Crippen LogP contribution in [-0.4, -0.2) is 50.5 Å². The van der Waals surface area contributed by atoms with Crippen molar-refractivity contribution >= 4 is 11.6 Å². The van der Waals surface area contributed by atoms with E-state index in [0.29, 0.717) is 37.1 Å². The number of nitrogens with zero attached hydrogens (tertiary/aromatic N) is 1. The summed E-state index contributed by atoms with van der Waals surface area (Å²) in [5, 5.41) is 14.2. The van der Waals surface area contributed by atoms with E-state index in [1.54, 1.807) is 18.2 Å². The van der Waals surface area contributed by atoms with Crippen LogP contribution in [-0.2, 0) is 11.3 Å². The molecule has 1 atom stereocenters. The van der Waals surface area contributed by atoms with Gasteiger partial charge in [-0.25, -0.2) is 0 Å². The smallest absolute Gasteiger partial charge is 0.286 e. The van der Waals surface area contributed by atoms with Crippen molar-refractivity contribution in [3.8, 4) is 23.0 Å². The summed E-state index contributed by atoms with van der Waals surface area (Å²) in [6.07, 6.45) is 2.09. The average molecular weight is 444 g/mol. The molecule has 10 nitrogen and oxygen atoms in total. The van der Waals surface area contributed by atoms with Crippen LogP contribution < -0.4 is 24.3 Å². The highest BCUT2D eigenvalue weighted by atomic mass is 16.6. The number of carbonyl (C=O) groups excluding carboxylic acids is 1. The lowest BCUT2D eigenvalue weighted by Gasteiger charge is -2.19. The third-order valence-corrected chi connectivity index (χ3v) is 5.23. The minimum atomic E-state index is -0.615. The fourth-order valence-corrected chi connectivity index (χ4v) is 3.59. The molecule has 0 spiro atoms. The molecule has 0 radical (unpaired) electrons. The van der Waals surface area contributed by atoms with E-state index in [1.165, 1.54) is 19.2 Å². The van der Waals surface area contributed by atoms with Gasteiger partial charge in [-0.05, 0) is 30.5 Å². The summed E-state index contributed by atoms with van der Waals surface area (Å²) in [7, 11) is 1.54. The molecule has 0 aliphatic carbocycles. The summed E-state index contributed by atoms with van der Waals surface area (Å²) >= 11 is 0. The number of amides is 1. The monoisotopic (exact) mass is 444 g/mol. The molecule has 2 heterocycles. The molecule has 1 N–H and O–H groups in total. The van der Waals surface area contributed by atoms with Gasteiger partial charge in [-0.2, -0.15) is 0 Å². The number of fused-ring (bicyclic) bond motifs is 1. The number of carbonyl (C=O) groups is 1. The molecule has 4 rings (SSSR count). The van der Waals surface area contributed by atoms with Gasteiger partial charge in [0.2, 0.25) is 0 Å². The molecule has 2 aromatic carbocycles. The zero-order valence-corrected chi connectivity index (χ0v) is 17.6. The molecular formula is C22H24N2O8. The molecule has 10 heteroatoms. The van der Waals surface area contributed by atoms with E-state index in [4.69, 9.17) is 23.7 Å². The third kappa shape index (κ3) is 4.86. The minimum Gasteiger partial charge on any atom is -0.493 e. The van der Waals surface area contributed by atoms with Gasteiger partial charge in [0, 0.05) is 19.2 Å². The van der Waals surface area contributed by atoms with Crippen LogP contribution >= 0.6 is 0 Å². The average Bonchev–Trinajstić information content (AvgIpc) is 3.34. The number of hydrogen-bond acceptors (Lipinski definition) is 8. The number of nitro groups is 1. The van der Waals surface area contributed by atoms with Gasteiger partial charge < -0.3 is 29.0 Å². The molecule has 1 unspecified atom stereocenters. The lowest BCUT2D eigenvalue weighted by molar-refractivity contribution is -0.385. The summed E-state index contributed by atoms with van der Waals surface area (Å²) in [6, 6.07) is 7.87. The third-order valence-electron chi connectivity index (χ3n) is 5.23. The molecular weight excluding hydrogens is 420 g/mol. The highest BCUT2D eigenvalue weighted by Crippen LogP contribution is 2.36. The van der Waals surface area contributed by atoms with Gasteiger partial charge in [0.1, 0.15) is 25.4 Å². The quantitative estimate of drug-likeness (QED) is 0.488. The maximum atomic E-state index is 12.7. The summed E-state index contributed by atoms with van der Waals surface area (Å²) in [4.78, 5) is 23.6. The van der Waals surface area contributed by atoms with Gasteiger partial charge >= 0.3 is 0 Å². The van der Waals surface area contributed by atoms with Crippen LogP contribution in [0.15, 0.2) is 30.3 Å². The Kier molecular flexibility index (Phi) is 6.60. The van der Waals surface area contributed by atoms with Gasteiger partial charge in [-0.15, -0.1) is 0 Å². The van der Waals surface area contributed by atoms with E-state index in [2.05, 4.69) is 5.32 Å². The van der Waals surface area contributed by atoms with E-state index in [9.17, 15) is 14.9 Å². The summed E-state index contributed by atoms with van der Waals surface area (Å²) < 4.78 is 27.6. The molecule has 1 fully saturated rings. The number of nitrogens with one attached hydrogen (secondary N) is 1. The number of nitro benzene ring substituents is 1. The Hall–Kier alpha value is -3.53. The van der Waals surface area contributed by atoms with Crippen LogP contribution in [0.25, 0.3) is 0 Å². The number of hydrogen-bond donors (Lipinski definition) is 1. The fourth-order valence-electron chi connectivity index (χ4n) is 3.59. The summed E-state index contributed by atoms with van der Waals surface area (Å²) in [6.45, 7) is 1.95. The van der Waals surface area contributed by atoms with E-state index in [-0.39, 0.29) is 29.6 Å². The van der Waals surface area contributed by atoms with Crippen molar-refractivity contribution in [2.24, 2.45) is 0 Å². The normalized spacial score (nSPS) is 17.0. The van der Waals surface area contributed by atoms with Crippen LogP contribution in [0.4, 0.5) is 5.69 Å². The second-order valence-electron chi connectivity index (χ2n) is 7.38. The number of methoxy groups -OCH3 is 1. The van der Waals surface area contributed by atoms with Gasteiger partial charge in [-0.1, -0.05) is 6.07 Å². The zero-order valence-electron chi connectivity index (χ0n) is 17.6. The number of ether oxygens (including phenoxy) is 5. The van der Waals surface area contributed by atoms with Crippen molar-refractivity contribution < 1.29 is 33.4 Å². The molecule has 32 heavy (non-hydrogen) atoms. The lowest BCUT2D eigenvalue weighted by atomic mass is 10.1. The Morgan fingerprint density at radius 1 is 1.16 bits per heavy atom. The van der Waals surface area contributed by atoms with Crippen LogP contribution in [0.1, 0.15) is 28.8 Å². The molecule has 0 aromatic heterocycles. The molecule has 170 valence electrons. The lowest BCUT2D eigenvalue weighted by Crippen LogP contribution is -2.24. The Morgan fingerprint density at radius 3 is 2.62 bits per heavy atom. The van der Waals surface area contributed by atoms with Gasteiger partial charge in [0.15, 0.2) is 23.0 Å². The van der Waals surface area contributed by atoms with Crippen molar-refractivity contribution in [2.75, 3.05) is 33.5 Å². The first kappa shape index (κ1) is 21.7. The standard InChI is InChI=1S/C22H24N2O8/c1-28-19-9-14(4-5-18(19)32-13-15-3-2-6-29-15)12-23-22(25)16-10-20-21(31-8-7-30-20)11-17(16)24(26)27/h4-5,9-11,15H,2-3,6-8,12-13H2,1H3,(H,23,25). The van der Waals surface area contributed by atoms with Gasteiger partial charge in [0.25, 0.3) is 11.6 Å². The molecule has 2 aliphatic rings. The summed E-state index contributed by atoms with van der Waals surface area (Å²) in [5.41, 5.74) is 0.310. The second-order valence-corrected chi connectivity index (χ2v) is 7.38. The van der Waals surface area contributed by atoms with Gasteiger partial charge in [0.05, 0.1) is 24.2 Å². The molecule has 1 saturated heterocycles. The second kappa shape index (κ2) is 9.73. The molecule has 2 aliphatic heterocycles. The first-order valence-corrected chi connectivity index (χ1v) is 10.3. The summed E-state index contributed by atoms with van der Waals surface area (Å²) in [5.74, 6) is 1.08. The van der Waals surface area contributed by atoms with Gasteiger partial charge in [-0.3, -0.25) is 14.9 Å². The maximum absolute atomic E-state index is 12.7. The molecule has 2 aromatic rings. The van der Waals surface area contributed by atoms with Crippen LogP contribution in [0.2, 0.25) is 0 Å². The molecule has 0 bridgehead atoms. The van der Waals surface area contributed by atoms with Crippen molar-refractivity contribution in [3.05, 3.63) is 51.6 Å². The minimum absolute atomic E-state index is 0.0838. The topological polar surface area (TPSA) is 118 Å². The molecule has 1 amide bonds. The number of rotatable bonds is 8. The van der Waals surface area contributed by atoms with Crippen LogP contribution in [0, 0.1) is 10.1 Å². The van der Waals surface area contributed by atoms with Crippen molar-refractivity contribution in [2.45, 2.75) is 25.5 Å². The molecule has 0 saturated carbocycles. The van der Waals surface area contributed by atoms with Crippen molar-refractivity contribution in [1.29, 1.82) is 0 Å². The Labute approximate surface area is 184 Å². The highest BCUT2D eigenvalue weighted by Gasteiger charge is 2.26. The van der Waals surface area contributed by atoms with Crippen LogP contribution in [0.5, 0.6) is 23.0 Å². The first-order chi connectivity index (χ1) is 15.5. The fraction of sp³-hybridized carbons (Fsp3) is 0.409. The Bertz CT molecular complexity index is 1000. The Morgan fingerprint density at radius 2 is 1.94 bits per heavy atom. The van der Waals surface area contributed by atoms with E-state index < -0.39 is 10.8 Å². The van der Waals surface area contributed by atoms with Crippen molar-refractivity contribution in [3.63, 3.8) is 0 Å². The predicted molar refractivity (Wildman–Crippen MR) is 113 cm³/mol. The maximum Gasteiger partial charge on any atom is 0.286 e. The van der Waals surface area contributed by atoms with Crippen LogP contribution in [0.3, 0.4) is 0 Å². The van der Waals surface area contributed by atoms with Crippen molar-refractivity contribution in [1.82, 2.24) is 5.32 Å². The number of benzene rings is 2. The first-order valence-electron chi connectivity index (χ1n) is 10.3. The SMILES string of the molecule is COc1cc(CNC(=O)c2cc3c(cc2[N+](=O)[O-])OCCO3)ccc1OCC1CCCO1. The Balaban J connectivity index is 1.44. The van der Waals surface area contributed by atoms with E-state index in [1.807, 2.05) is 0 Å². The van der Waals surface area contributed by atoms with E-state index in [0.717, 1.165) is 25.0 Å². The predicted octanol–water partition coefficient (Wildman–Crippen LogP) is 2.86. The highest BCUT2D eigenvalue weighted by molar-refractivity contribution is 5.99. The van der Waals surface area contributed by atoms with E-state index >= 15 is 0 Å².